The first-order chi connectivity index (χ1) is 9.81. The van der Waals surface area contributed by atoms with Gasteiger partial charge in [0, 0.05) is 7.05 Å². The lowest BCUT2D eigenvalue weighted by atomic mass is 10.0. The van der Waals surface area contributed by atoms with Crippen molar-refractivity contribution in [3.63, 3.8) is 0 Å². The number of hydrazine groups is 1. The Morgan fingerprint density at radius 2 is 1.95 bits per heavy atom. The number of aromatic nitrogens is 3. The van der Waals surface area contributed by atoms with Crippen LogP contribution in [0.2, 0.25) is 0 Å². The van der Waals surface area contributed by atoms with Crippen LogP contribution in [-0.2, 0) is 7.05 Å². The highest BCUT2D eigenvalue weighted by Crippen LogP contribution is 2.28. The molecule has 1 aromatic heterocycles. The van der Waals surface area contributed by atoms with Gasteiger partial charge in [0.1, 0.15) is 5.75 Å². The highest BCUT2D eigenvalue weighted by Gasteiger charge is 2.31. The van der Waals surface area contributed by atoms with Gasteiger partial charge in [-0.3, -0.25) is 5.84 Å². The number of benzene rings is 1. The molecule has 10 heteroatoms. The highest BCUT2D eigenvalue weighted by molar-refractivity contribution is 9.10. The standard InChI is InChI=1S/C11H11BrF3N5O/c1-20-9(10(12)18-19-20)8(17-16)6-2-4-7(5-3-6)21-11(13,14)15/h2-5,8,17H,16H2,1H3. The Hall–Kier alpha value is -1.65. The molecule has 0 amide bonds. The summed E-state index contributed by atoms with van der Waals surface area (Å²) < 4.78 is 42.2. The number of nitrogens with two attached hydrogens (primary N) is 1. The van der Waals surface area contributed by atoms with E-state index in [1.807, 2.05) is 0 Å². The maximum Gasteiger partial charge on any atom is 0.573 e. The zero-order valence-corrected chi connectivity index (χ0v) is 12.3. The summed E-state index contributed by atoms with van der Waals surface area (Å²) in [6, 6.07) is 4.89. The maximum absolute atomic E-state index is 12.1. The quantitative estimate of drug-likeness (QED) is 0.640. The first kappa shape index (κ1) is 15.7. The van der Waals surface area contributed by atoms with E-state index < -0.39 is 12.4 Å². The van der Waals surface area contributed by atoms with Crippen molar-refractivity contribution in [1.82, 2.24) is 20.4 Å². The van der Waals surface area contributed by atoms with Crippen LogP contribution in [-0.4, -0.2) is 21.4 Å². The van der Waals surface area contributed by atoms with E-state index in [2.05, 4.69) is 36.4 Å². The second kappa shape index (κ2) is 6.00. The van der Waals surface area contributed by atoms with Crippen molar-refractivity contribution in [3.05, 3.63) is 40.1 Å². The zero-order valence-electron chi connectivity index (χ0n) is 10.7. The molecule has 114 valence electrons. The number of alkyl halides is 3. The molecule has 0 saturated carbocycles. The Morgan fingerprint density at radius 1 is 1.33 bits per heavy atom. The molecule has 1 unspecified atom stereocenters. The van der Waals surface area contributed by atoms with Gasteiger partial charge in [-0.2, -0.15) is 0 Å². The predicted octanol–water partition coefficient (Wildman–Crippen LogP) is 2.03. The minimum atomic E-state index is -4.72. The molecule has 0 aliphatic heterocycles. The fraction of sp³-hybridized carbons (Fsp3) is 0.273. The van der Waals surface area contributed by atoms with Crippen LogP contribution in [0, 0.1) is 0 Å². The van der Waals surface area contributed by atoms with Crippen LogP contribution >= 0.6 is 15.9 Å². The predicted molar refractivity (Wildman–Crippen MR) is 71.0 cm³/mol. The van der Waals surface area contributed by atoms with Crippen LogP contribution in [0.4, 0.5) is 13.2 Å². The Kier molecular flexibility index (Phi) is 4.49. The van der Waals surface area contributed by atoms with E-state index in [9.17, 15) is 13.2 Å². The smallest absolute Gasteiger partial charge is 0.406 e. The second-order valence-electron chi connectivity index (χ2n) is 4.11. The molecule has 1 heterocycles. The number of aryl methyl sites for hydroxylation is 1. The van der Waals surface area contributed by atoms with E-state index in [0.717, 1.165) is 0 Å². The van der Waals surface area contributed by atoms with Crippen LogP contribution in [0.1, 0.15) is 17.3 Å². The van der Waals surface area contributed by atoms with Gasteiger partial charge in [0.25, 0.3) is 0 Å². The number of halogens is 4. The lowest BCUT2D eigenvalue weighted by molar-refractivity contribution is -0.274. The van der Waals surface area contributed by atoms with Gasteiger partial charge in [-0.05, 0) is 33.6 Å². The van der Waals surface area contributed by atoms with Crippen molar-refractivity contribution in [3.8, 4) is 5.75 Å². The minimum Gasteiger partial charge on any atom is -0.406 e. The SMILES string of the molecule is Cn1nnc(Br)c1C(NN)c1ccc(OC(F)(F)F)cc1. The summed E-state index contributed by atoms with van der Waals surface area (Å²) in [6.07, 6.45) is -4.72. The van der Waals surface area contributed by atoms with Crippen LogP contribution in [0.25, 0.3) is 0 Å². The van der Waals surface area contributed by atoms with Crippen molar-refractivity contribution in [1.29, 1.82) is 0 Å². The summed E-state index contributed by atoms with van der Waals surface area (Å²) in [5, 5.41) is 7.66. The summed E-state index contributed by atoms with van der Waals surface area (Å²) in [5.74, 6) is 5.22. The van der Waals surface area contributed by atoms with Gasteiger partial charge in [0.2, 0.25) is 0 Å². The van der Waals surface area contributed by atoms with Crippen LogP contribution in [0.3, 0.4) is 0 Å². The second-order valence-corrected chi connectivity index (χ2v) is 4.86. The molecule has 0 radical (unpaired) electrons. The van der Waals surface area contributed by atoms with Gasteiger partial charge in [0.05, 0.1) is 11.7 Å². The van der Waals surface area contributed by atoms with E-state index in [-0.39, 0.29) is 5.75 Å². The van der Waals surface area contributed by atoms with Crippen LogP contribution in [0.15, 0.2) is 28.9 Å². The lowest BCUT2D eigenvalue weighted by Crippen LogP contribution is -2.30. The van der Waals surface area contributed by atoms with E-state index in [4.69, 9.17) is 5.84 Å². The summed E-state index contributed by atoms with van der Waals surface area (Å²) in [5.41, 5.74) is 3.85. The molecule has 0 saturated heterocycles. The number of ether oxygens (including phenoxy) is 1. The number of rotatable bonds is 4. The third-order valence-electron chi connectivity index (χ3n) is 2.71. The molecular weight excluding hydrogens is 355 g/mol. The monoisotopic (exact) mass is 365 g/mol. The van der Waals surface area contributed by atoms with Crippen LogP contribution in [0.5, 0.6) is 5.75 Å². The summed E-state index contributed by atoms with van der Waals surface area (Å²) >= 11 is 3.25. The van der Waals surface area contributed by atoms with Gasteiger partial charge in [-0.25, -0.2) is 10.1 Å². The third-order valence-corrected chi connectivity index (χ3v) is 3.28. The highest BCUT2D eigenvalue weighted by atomic mass is 79.9. The van der Waals surface area contributed by atoms with Crippen molar-refractivity contribution < 1.29 is 17.9 Å². The van der Waals surface area contributed by atoms with Crippen molar-refractivity contribution in [2.45, 2.75) is 12.4 Å². The molecule has 3 N–H and O–H groups in total. The van der Waals surface area contributed by atoms with E-state index in [0.29, 0.717) is 15.9 Å². The molecule has 21 heavy (non-hydrogen) atoms. The molecular formula is C11H11BrF3N5O. The molecule has 1 atom stereocenters. The maximum atomic E-state index is 12.1. The molecule has 0 spiro atoms. The first-order valence-corrected chi connectivity index (χ1v) is 6.48. The molecule has 0 aliphatic rings. The third kappa shape index (κ3) is 3.71. The van der Waals surface area contributed by atoms with Crippen molar-refractivity contribution in [2.24, 2.45) is 12.9 Å². The van der Waals surface area contributed by atoms with Crippen molar-refractivity contribution in [2.75, 3.05) is 0 Å². The number of hydrogen-bond donors (Lipinski definition) is 2. The fourth-order valence-electron chi connectivity index (χ4n) is 1.84. The first-order valence-electron chi connectivity index (χ1n) is 5.68. The molecule has 0 aliphatic carbocycles. The Bertz CT molecular complexity index is 594. The normalized spacial score (nSPS) is 13.2. The van der Waals surface area contributed by atoms with Gasteiger partial charge in [0.15, 0.2) is 4.60 Å². The molecule has 2 rings (SSSR count). The summed E-state index contributed by atoms with van der Waals surface area (Å²) in [6.45, 7) is 0. The Morgan fingerprint density at radius 3 is 2.38 bits per heavy atom. The molecule has 0 fully saturated rings. The summed E-state index contributed by atoms with van der Waals surface area (Å²) in [7, 11) is 1.68. The lowest BCUT2D eigenvalue weighted by Gasteiger charge is -2.17. The minimum absolute atomic E-state index is 0.302. The molecule has 0 bridgehead atoms. The van der Waals surface area contributed by atoms with E-state index in [1.165, 1.54) is 28.9 Å². The van der Waals surface area contributed by atoms with E-state index >= 15 is 0 Å². The van der Waals surface area contributed by atoms with Gasteiger partial charge < -0.3 is 4.74 Å². The van der Waals surface area contributed by atoms with Gasteiger partial charge in [-0.15, -0.1) is 18.3 Å². The zero-order chi connectivity index (χ0) is 15.6. The van der Waals surface area contributed by atoms with E-state index in [1.54, 1.807) is 7.05 Å². The Balaban J connectivity index is 2.28. The number of nitrogens with zero attached hydrogens (tertiary/aromatic N) is 3. The fourth-order valence-corrected chi connectivity index (χ4v) is 2.40. The van der Waals surface area contributed by atoms with Crippen molar-refractivity contribution >= 4 is 15.9 Å². The average molecular weight is 366 g/mol. The summed E-state index contributed by atoms with van der Waals surface area (Å²) in [4.78, 5) is 0. The van der Waals surface area contributed by atoms with Gasteiger partial charge >= 0.3 is 6.36 Å². The molecule has 1 aromatic carbocycles. The number of hydrogen-bond acceptors (Lipinski definition) is 5. The molecule has 6 nitrogen and oxygen atoms in total. The average Bonchev–Trinajstić information content (AvgIpc) is 2.72. The number of nitrogens with one attached hydrogen (secondary N) is 1. The topological polar surface area (TPSA) is 78.0 Å². The largest absolute Gasteiger partial charge is 0.573 e. The van der Waals surface area contributed by atoms with Crippen LogP contribution < -0.4 is 16.0 Å². The van der Waals surface area contributed by atoms with Gasteiger partial charge in [-0.1, -0.05) is 17.3 Å². The Labute approximate surface area is 126 Å². The molecule has 2 aromatic rings.